The molecular formula is C17H20F2N2O6. The maximum absolute atomic E-state index is 12.9. The maximum Gasteiger partial charge on any atom is 0.412 e. The standard InChI is InChI=1S/C17H20F2N2O6/c1-9(2)15(16(25)21-12(7-14(23)24)13(22)8-18)27-17(26)20-11-5-3-10(19)4-6-11/h3-6,9,12,15H,7-8H2,1-2H3,(H,20,26)(H,21,25)(H,23,24). The van der Waals surface area contributed by atoms with Crippen molar-refractivity contribution >= 4 is 29.4 Å². The number of hydrogen-bond acceptors (Lipinski definition) is 5. The van der Waals surface area contributed by atoms with Gasteiger partial charge in [0.1, 0.15) is 18.5 Å². The molecule has 3 N–H and O–H groups in total. The number of alkyl halides is 1. The average Bonchev–Trinajstić information content (AvgIpc) is 2.59. The average molecular weight is 386 g/mol. The van der Waals surface area contributed by atoms with Crippen LogP contribution < -0.4 is 10.6 Å². The molecule has 0 saturated carbocycles. The lowest BCUT2D eigenvalue weighted by atomic mass is 10.0. The minimum absolute atomic E-state index is 0.223. The van der Waals surface area contributed by atoms with Crippen molar-refractivity contribution in [2.45, 2.75) is 32.4 Å². The lowest BCUT2D eigenvalue weighted by Crippen LogP contribution is -2.49. The van der Waals surface area contributed by atoms with E-state index in [4.69, 9.17) is 9.84 Å². The molecular weight excluding hydrogens is 366 g/mol. The van der Waals surface area contributed by atoms with Gasteiger partial charge in [-0.1, -0.05) is 13.8 Å². The number of benzene rings is 1. The number of Topliss-reactive ketones (excluding diaryl/α,β-unsaturated/α-hetero) is 1. The fraction of sp³-hybridized carbons (Fsp3) is 0.412. The molecule has 0 heterocycles. The molecule has 148 valence electrons. The number of halogens is 2. The molecule has 0 radical (unpaired) electrons. The van der Waals surface area contributed by atoms with E-state index in [2.05, 4.69) is 10.6 Å². The van der Waals surface area contributed by atoms with Crippen LogP contribution in [0, 0.1) is 11.7 Å². The normalized spacial score (nSPS) is 12.8. The Morgan fingerprint density at radius 1 is 1.15 bits per heavy atom. The molecule has 0 aromatic heterocycles. The summed E-state index contributed by atoms with van der Waals surface area (Å²) in [5, 5.41) is 13.2. The largest absolute Gasteiger partial charge is 0.481 e. The number of ketones is 1. The quantitative estimate of drug-likeness (QED) is 0.596. The summed E-state index contributed by atoms with van der Waals surface area (Å²) < 4.78 is 30.4. The number of amides is 2. The van der Waals surface area contributed by atoms with Crippen molar-refractivity contribution < 1.29 is 37.8 Å². The lowest BCUT2D eigenvalue weighted by molar-refractivity contribution is -0.141. The highest BCUT2D eigenvalue weighted by Gasteiger charge is 2.31. The third-order valence-electron chi connectivity index (χ3n) is 3.40. The number of aliphatic carboxylic acids is 1. The number of ether oxygens (including phenoxy) is 1. The van der Waals surface area contributed by atoms with Crippen molar-refractivity contribution in [1.29, 1.82) is 0 Å². The predicted molar refractivity (Wildman–Crippen MR) is 90.3 cm³/mol. The van der Waals surface area contributed by atoms with Gasteiger partial charge in [0.05, 0.1) is 6.42 Å². The number of nitrogens with one attached hydrogen (secondary N) is 2. The minimum Gasteiger partial charge on any atom is -0.481 e. The van der Waals surface area contributed by atoms with Crippen molar-refractivity contribution in [3.8, 4) is 0 Å². The number of carbonyl (C=O) groups excluding carboxylic acids is 3. The maximum atomic E-state index is 12.9. The van der Waals surface area contributed by atoms with Gasteiger partial charge >= 0.3 is 12.1 Å². The van der Waals surface area contributed by atoms with Crippen molar-refractivity contribution in [3.05, 3.63) is 30.1 Å². The van der Waals surface area contributed by atoms with Crippen LogP contribution in [0.25, 0.3) is 0 Å². The highest BCUT2D eigenvalue weighted by Crippen LogP contribution is 2.12. The molecule has 0 saturated heterocycles. The third kappa shape index (κ3) is 7.38. The summed E-state index contributed by atoms with van der Waals surface area (Å²) in [4.78, 5) is 46.5. The first kappa shape index (κ1) is 22.0. The topological polar surface area (TPSA) is 122 Å². The molecule has 1 aromatic rings. The highest BCUT2D eigenvalue weighted by atomic mass is 19.1. The Hall–Kier alpha value is -3.04. The van der Waals surface area contributed by atoms with E-state index in [1.807, 2.05) is 0 Å². The SMILES string of the molecule is CC(C)C(OC(=O)Nc1ccc(F)cc1)C(=O)NC(CC(=O)O)C(=O)CF. The second-order valence-corrected chi connectivity index (χ2v) is 5.96. The van der Waals surface area contributed by atoms with Gasteiger partial charge in [-0.3, -0.25) is 19.7 Å². The number of carboxylic acid groups (broad SMARTS) is 1. The fourth-order valence-electron chi connectivity index (χ4n) is 2.06. The fourth-order valence-corrected chi connectivity index (χ4v) is 2.06. The van der Waals surface area contributed by atoms with Crippen molar-refractivity contribution in [2.75, 3.05) is 12.0 Å². The van der Waals surface area contributed by atoms with Crippen LogP contribution in [0.1, 0.15) is 20.3 Å². The monoisotopic (exact) mass is 386 g/mol. The highest BCUT2D eigenvalue weighted by molar-refractivity contribution is 5.94. The van der Waals surface area contributed by atoms with Gasteiger partial charge in [-0.15, -0.1) is 0 Å². The summed E-state index contributed by atoms with van der Waals surface area (Å²) in [5.41, 5.74) is 0.223. The molecule has 0 fully saturated rings. The zero-order valence-corrected chi connectivity index (χ0v) is 14.7. The minimum atomic E-state index is -1.58. The molecule has 2 atom stereocenters. The van der Waals surface area contributed by atoms with Gasteiger partial charge < -0.3 is 15.2 Å². The zero-order chi connectivity index (χ0) is 20.6. The van der Waals surface area contributed by atoms with E-state index in [9.17, 15) is 28.0 Å². The van der Waals surface area contributed by atoms with Crippen LogP contribution in [0.5, 0.6) is 0 Å². The lowest BCUT2D eigenvalue weighted by Gasteiger charge is -2.23. The van der Waals surface area contributed by atoms with E-state index in [-0.39, 0.29) is 5.69 Å². The van der Waals surface area contributed by atoms with Crippen molar-refractivity contribution in [3.63, 3.8) is 0 Å². The van der Waals surface area contributed by atoms with Crippen LogP contribution in [0.15, 0.2) is 24.3 Å². The van der Waals surface area contributed by atoms with Gasteiger partial charge in [0.15, 0.2) is 11.9 Å². The van der Waals surface area contributed by atoms with E-state index in [0.717, 1.165) is 12.1 Å². The van der Waals surface area contributed by atoms with Crippen LogP contribution in [0.4, 0.5) is 19.3 Å². The predicted octanol–water partition coefficient (Wildman–Crippen LogP) is 1.90. The van der Waals surface area contributed by atoms with Gasteiger partial charge in [0.2, 0.25) is 0 Å². The summed E-state index contributed by atoms with van der Waals surface area (Å²) in [6, 6.07) is 3.21. The zero-order valence-electron chi connectivity index (χ0n) is 14.7. The Morgan fingerprint density at radius 2 is 1.74 bits per heavy atom. The van der Waals surface area contributed by atoms with Crippen molar-refractivity contribution in [1.82, 2.24) is 5.32 Å². The molecule has 8 nitrogen and oxygen atoms in total. The molecule has 2 amide bonds. The van der Waals surface area contributed by atoms with E-state index in [1.54, 1.807) is 13.8 Å². The second kappa shape index (κ2) is 10.2. The van der Waals surface area contributed by atoms with E-state index < -0.39 is 60.7 Å². The molecule has 0 spiro atoms. The summed E-state index contributed by atoms with van der Waals surface area (Å²) in [6.07, 6.45) is -3.18. The van der Waals surface area contributed by atoms with Gasteiger partial charge in [0, 0.05) is 5.69 Å². The number of hydrogen-bond donors (Lipinski definition) is 3. The number of rotatable bonds is 9. The van der Waals surface area contributed by atoms with Crippen LogP contribution >= 0.6 is 0 Å². The molecule has 27 heavy (non-hydrogen) atoms. The van der Waals surface area contributed by atoms with Crippen LogP contribution in [0.3, 0.4) is 0 Å². The summed E-state index contributed by atoms with van der Waals surface area (Å²) >= 11 is 0. The van der Waals surface area contributed by atoms with Crippen molar-refractivity contribution in [2.24, 2.45) is 5.92 Å². The van der Waals surface area contributed by atoms with Gasteiger partial charge in [0.25, 0.3) is 5.91 Å². The molecule has 2 unspecified atom stereocenters. The van der Waals surface area contributed by atoms with E-state index >= 15 is 0 Å². The van der Waals surface area contributed by atoms with E-state index in [0.29, 0.717) is 0 Å². The Labute approximate surface area is 153 Å². The first-order chi connectivity index (χ1) is 12.6. The Kier molecular flexibility index (Phi) is 8.31. The summed E-state index contributed by atoms with van der Waals surface area (Å²) in [6.45, 7) is 1.66. The number of carboxylic acids is 1. The Morgan fingerprint density at radius 3 is 2.22 bits per heavy atom. The first-order valence-electron chi connectivity index (χ1n) is 7.98. The van der Waals surface area contributed by atoms with Gasteiger partial charge in [-0.2, -0.15) is 0 Å². The number of anilines is 1. The number of carbonyl (C=O) groups is 4. The van der Waals surface area contributed by atoms with E-state index in [1.165, 1.54) is 12.1 Å². The Bertz CT molecular complexity index is 693. The molecule has 0 aliphatic heterocycles. The molecule has 0 bridgehead atoms. The molecule has 1 rings (SSSR count). The van der Waals surface area contributed by atoms with Crippen LogP contribution in [0.2, 0.25) is 0 Å². The molecule has 1 aromatic carbocycles. The van der Waals surface area contributed by atoms with Gasteiger partial charge in [-0.25, -0.2) is 13.6 Å². The smallest absolute Gasteiger partial charge is 0.412 e. The summed E-state index contributed by atoms with van der Waals surface area (Å²) in [5.74, 6) is -4.49. The second-order valence-electron chi connectivity index (χ2n) is 5.96. The summed E-state index contributed by atoms with van der Waals surface area (Å²) in [7, 11) is 0. The first-order valence-corrected chi connectivity index (χ1v) is 7.98. The molecule has 0 aliphatic carbocycles. The molecule has 10 heteroatoms. The van der Waals surface area contributed by atoms with Crippen LogP contribution in [-0.2, 0) is 19.1 Å². The van der Waals surface area contributed by atoms with Crippen LogP contribution in [-0.4, -0.2) is 47.7 Å². The molecule has 0 aliphatic rings. The third-order valence-corrected chi connectivity index (χ3v) is 3.40. The Balaban J connectivity index is 2.78. The van der Waals surface area contributed by atoms with Gasteiger partial charge in [-0.05, 0) is 30.2 Å².